The van der Waals surface area contributed by atoms with Crippen LogP contribution < -0.4 is 5.56 Å². The molecular weight excluding hydrogens is 390 g/mol. The van der Waals surface area contributed by atoms with Crippen molar-refractivity contribution in [3.05, 3.63) is 45.6 Å². The van der Waals surface area contributed by atoms with Crippen LogP contribution in [0.15, 0.2) is 39.6 Å². The van der Waals surface area contributed by atoms with Gasteiger partial charge in [-0.25, -0.2) is 4.98 Å². The maximum absolute atomic E-state index is 12.8. The maximum atomic E-state index is 12.8. The molecule has 1 aliphatic rings. The number of fused-ring (bicyclic) bond motifs is 1. The lowest BCUT2D eigenvalue weighted by Crippen LogP contribution is -2.36. The van der Waals surface area contributed by atoms with Crippen LogP contribution in [0.2, 0.25) is 0 Å². The van der Waals surface area contributed by atoms with E-state index in [1.54, 1.807) is 11.6 Å². The average molecular weight is 414 g/mol. The molecule has 3 aromatic rings. The first-order chi connectivity index (χ1) is 13.5. The quantitative estimate of drug-likeness (QED) is 0.478. The Morgan fingerprint density at radius 2 is 1.89 bits per heavy atom. The van der Waals surface area contributed by atoms with Gasteiger partial charge in [0.05, 0.1) is 11.3 Å². The van der Waals surface area contributed by atoms with Crippen molar-refractivity contribution in [3.63, 3.8) is 0 Å². The molecule has 1 saturated heterocycles. The molecule has 7 heteroatoms. The fraction of sp³-hybridized carbons (Fsp3) is 0.381. The van der Waals surface area contributed by atoms with Gasteiger partial charge in [0.1, 0.15) is 4.70 Å². The highest BCUT2D eigenvalue weighted by Gasteiger charge is 2.19. The van der Waals surface area contributed by atoms with Gasteiger partial charge in [-0.1, -0.05) is 41.6 Å². The Kier molecular flexibility index (Phi) is 5.55. The third-order valence-corrected chi connectivity index (χ3v) is 7.13. The lowest BCUT2D eigenvalue weighted by molar-refractivity contribution is -0.129. The molecule has 0 bridgehead atoms. The fourth-order valence-electron chi connectivity index (χ4n) is 3.45. The second kappa shape index (κ2) is 8.09. The van der Waals surface area contributed by atoms with Crippen molar-refractivity contribution in [2.45, 2.75) is 31.3 Å². The van der Waals surface area contributed by atoms with E-state index in [0.29, 0.717) is 15.6 Å². The molecule has 0 saturated carbocycles. The minimum absolute atomic E-state index is 0.0544. The number of likely N-dealkylation sites (tertiary alicyclic amines) is 1. The number of thiophene rings is 1. The van der Waals surface area contributed by atoms with Gasteiger partial charge in [0, 0.05) is 31.1 Å². The van der Waals surface area contributed by atoms with E-state index in [1.165, 1.54) is 35.1 Å². The van der Waals surface area contributed by atoms with E-state index in [1.807, 2.05) is 10.3 Å². The molecule has 1 amide bonds. The number of amides is 1. The number of aromatic nitrogens is 2. The minimum atomic E-state index is -0.0544. The zero-order chi connectivity index (χ0) is 19.7. The number of thioether (sulfide) groups is 1. The van der Waals surface area contributed by atoms with E-state index in [4.69, 9.17) is 4.98 Å². The number of piperidine rings is 1. The molecule has 3 heterocycles. The third kappa shape index (κ3) is 3.73. The van der Waals surface area contributed by atoms with Crippen LogP contribution in [0.5, 0.6) is 0 Å². The number of carbonyl (C=O) groups excluding carboxylic acids is 1. The summed E-state index contributed by atoms with van der Waals surface area (Å²) in [5.41, 5.74) is 3.89. The highest BCUT2D eigenvalue weighted by atomic mass is 32.2. The van der Waals surface area contributed by atoms with E-state index in [0.717, 1.165) is 42.6 Å². The first kappa shape index (κ1) is 19.2. The van der Waals surface area contributed by atoms with Gasteiger partial charge in [-0.05, 0) is 31.7 Å². The Bertz CT molecular complexity index is 1060. The van der Waals surface area contributed by atoms with Gasteiger partial charge >= 0.3 is 0 Å². The lowest BCUT2D eigenvalue weighted by Gasteiger charge is -2.26. The number of carbonyl (C=O) groups is 1. The van der Waals surface area contributed by atoms with Crippen LogP contribution in [0.25, 0.3) is 21.3 Å². The van der Waals surface area contributed by atoms with Crippen LogP contribution in [-0.4, -0.2) is 39.2 Å². The van der Waals surface area contributed by atoms with E-state index >= 15 is 0 Å². The second-order valence-corrected chi connectivity index (χ2v) is 9.00. The Balaban J connectivity index is 1.64. The Labute approximate surface area is 172 Å². The van der Waals surface area contributed by atoms with Crippen LogP contribution in [0, 0.1) is 6.92 Å². The number of aryl methyl sites for hydroxylation is 1. The molecule has 2 aromatic heterocycles. The molecule has 0 N–H and O–H groups in total. The molecule has 0 aliphatic carbocycles. The highest BCUT2D eigenvalue weighted by molar-refractivity contribution is 7.99. The van der Waals surface area contributed by atoms with Crippen LogP contribution in [0.1, 0.15) is 24.8 Å². The standard InChI is InChI=1S/C21H23N3O2S2/c1-14-6-8-15(9-7-14)16-12-27-19-18(16)22-21(23(2)20(19)26)28-13-17(25)24-10-4-3-5-11-24/h6-9,12H,3-5,10-11,13H2,1-2H3. The van der Waals surface area contributed by atoms with E-state index < -0.39 is 0 Å². The summed E-state index contributed by atoms with van der Waals surface area (Å²) >= 11 is 2.78. The smallest absolute Gasteiger partial charge is 0.271 e. The van der Waals surface area contributed by atoms with Crippen LogP contribution >= 0.6 is 23.1 Å². The van der Waals surface area contributed by atoms with Gasteiger partial charge in [0.25, 0.3) is 5.56 Å². The molecule has 146 valence electrons. The summed E-state index contributed by atoms with van der Waals surface area (Å²) in [4.78, 5) is 32.0. The van der Waals surface area contributed by atoms with E-state index in [2.05, 4.69) is 31.2 Å². The van der Waals surface area contributed by atoms with Gasteiger partial charge in [-0.15, -0.1) is 11.3 Å². The van der Waals surface area contributed by atoms with Gasteiger partial charge in [0.15, 0.2) is 5.16 Å². The van der Waals surface area contributed by atoms with Crippen LogP contribution in [0.3, 0.4) is 0 Å². The molecule has 0 radical (unpaired) electrons. The number of hydrogen-bond acceptors (Lipinski definition) is 5. The average Bonchev–Trinajstić information content (AvgIpc) is 3.14. The normalized spacial score (nSPS) is 14.6. The van der Waals surface area contributed by atoms with Crippen LogP contribution in [0.4, 0.5) is 0 Å². The number of nitrogens with zero attached hydrogens (tertiary/aromatic N) is 3. The number of hydrogen-bond donors (Lipinski definition) is 0. The van der Waals surface area contributed by atoms with E-state index in [9.17, 15) is 9.59 Å². The molecule has 1 fully saturated rings. The molecule has 5 nitrogen and oxygen atoms in total. The molecule has 4 rings (SSSR count). The summed E-state index contributed by atoms with van der Waals surface area (Å²) in [6, 6.07) is 8.24. The molecular formula is C21H23N3O2S2. The fourth-order valence-corrected chi connectivity index (χ4v) is 5.31. The van der Waals surface area contributed by atoms with Crippen molar-refractivity contribution < 1.29 is 4.79 Å². The topological polar surface area (TPSA) is 55.2 Å². The zero-order valence-corrected chi connectivity index (χ0v) is 17.7. The second-order valence-electron chi connectivity index (χ2n) is 7.18. The predicted molar refractivity (Wildman–Crippen MR) is 116 cm³/mol. The monoisotopic (exact) mass is 413 g/mol. The molecule has 0 unspecified atom stereocenters. The van der Waals surface area contributed by atoms with E-state index in [-0.39, 0.29) is 11.5 Å². The van der Waals surface area contributed by atoms with Crippen molar-refractivity contribution >= 4 is 39.2 Å². The molecule has 0 atom stereocenters. The van der Waals surface area contributed by atoms with Crippen molar-refractivity contribution in [2.24, 2.45) is 7.05 Å². The molecule has 28 heavy (non-hydrogen) atoms. The van der Waals surface area contributed by atoms with Crippen molar-refractivity contribution in [3.8, 4) is 11.1 Å². The summed E-state index contributed by atoms with van der Waals surface area (Å²) in [7, 11) is 1.73. The minimum Gasteiger partial charge on any atom is -0.342 e. The Morgan fingerprint density at radius 3 is 2.61 bits per heavy atom. The highest BCUT2D eigenvalue weighted by Crippen LogP contribution is 2.32. The summed E-state index contributed by atoms with van der Waals surface area (Å²) in [6.45, 7) is 3.73. The molecule has 1 aromatic carbocycles. The maximum Gasteiger partial charge on any atom is 0.271 e. The van der Waals surface area contributed by atoms with Crippen molar-refractivity contribution in [1.82, 2.24) is 14.5 Å². The SMILES string of the molecule is Cc1ccc(-c2csc3c(=O)n(C)c(SCC(=O)N4CCCCC4)nc23)cc1. The first-order valence-corrected chi connectivity index (χ1v) is 11.4. The summed E-state index contributed by atoms with van der Waals surface area (Å²) in [5, 5.41) is 2.59. The Morgan fingerprint density at radius 1 is 1.18 bits per heavy atom. The van der Waals surface area contributed by atoms with Crippen molar-refractivity contribution in [2.75, 3.05) is 18.8 Å². The first-order valence-electron chi connectivity index (χ1n) is 9.50. The molecule has 1 aliphatic heterocycles. The summed E-state index contributed by atoms with van der Waals surface area (Å²) in [6.07, 6.45) is 3.35. The molecule has 0 spiro atoms. The largest absolute Gasteiger partial charge is 0.342 e. The third-order valence-electron chi connectivity index (χ3n) is 5.15. The number of rotatable bonds is 4. The van der Waals surface area contributed by atoms with Gasteiger partial charge in [-0.2, -0.15) is 0 Å². The summed E-state index contributed by atoms with van der Waals surface area (Å²) in [5.74, 6) is 0.443. The number of benzene rings is 1. The van der Waals surface area contributed by atoms with Gasteiger partial charge in [0.2, 0.25) is 5.91 Å². The van der Waals surface area contributed by atoms with Crippen LogP contribution in [-0.2, 0) is 11.8 Å². The Hall–Kier alpha value is -2.12. The van der Waals surface area contributed by atoms with Crippen molar-refractivity contribution in [1.29, 1.82) is 0 Å². The summed E-state index contributed by atoms with van der Waals surface area (Å²) < 4.78 is 2.22. The zero-order valence-electron chi connectivity index (χ0n) is 16.1. The lowest BCUT2D eigenvalue weighted by atomic mass is 10.1. The predicted octanol–water partition coefficient (Wildman–Crippen LogP) is 4.08. The van der Waals surface area contributed by atoms with Gasteiger partial charge in [-0.3, -0.25) is 14.2 Å². The van der Waals surface area contributed by atoms with Gasteiger partial charge < -0.3 is 4.90 Å².